The van der Waals surface area contributed by atoms with Crippen LogP contribution in [0.5, 0.6) is 5.75 Å². The first-order valence-electron chi connectivity index (χ1n) is 6.67. The van der Waals surface area contributed by atoms with Gasteiger partial charge in [0.25, 0.3) is 0 Å². The molecule has 0 aliphatic carbocycles. The van der Waals surface area contributed by atoms with Gasteiger partial charge in [-0.1, -0.05) is 11.8 Å². The van der Waals surface area contributed by atoms with Crippen LogP contribution in [0.2, 0.25) is 0 Å². The first-order chi connectivity index (χ1) is 9.77. The molecule has 4 heteroatoms. The zero-order chi connectivity index (χ0) is 14.6. The van der Waals surface area contributed by atoms with E-state index in [0.717, 1.165) is 23.3 Å². The van der Waals surface area contributed by atoms with E-state index in [1.54, 1.807) is 7.11 Å². The summed E-state index contributed by atoms with van der Waals surface area (Å²) >= 11 is 0. The van der Waals surface area contributed by atoms with E-state index in [0.29, 0.717) is 26.4 Å². The highest BCUT2D eigenvalue weighted by Crippen LogP contribution is 2.18. The SMILES string of the molecule is COCCOCCCOc1ccc(C#CCO)cc1C. The van der Waals surface area contributed by atoms with Crippen molar-refractivity contribution in [3.63, 3.8) is 0 Å². The summed E-state index contributed by atoms with van der Waals surface area (Å²) in [7, 11) is 1.66. The number of benzene rings is 1. The quantitative estimate of drug-likeness (QED) is 0.581. The lowest BCUT2D eigenvalue weighted by molar-refractivity contribution is 0.0644. The minimum Gasteiger partial charge on any atom is -0.493 e. The summed E-state index contributed by atoms with van der Waals surface area (Å²) in [6.07, 6.45) is 0.842. The van der Waals surface area contributed by atoms with Crippen molar-refractivity contribution in [2.24, 2.45) is 0 Å². The highest BCUT2D eigenvalue weighted by Gasteiger charge is 2.00. The van der Waals surface area contributed by atoms with E-state index >= 15 is 0 Å². The summed E-state index contributed by atoms with van der Waals surface area (Å²) in [6.45, 7) is 4.39. The maximum atomic E-state index is 8.65. The molecule has 0 saturated heterocycles. The molecule has 0 saturated carbocycles. The van der Waals surface area contributed by atoms with Crippen LogP contribution in [0.3, 0.4) is 0 Å². The van der Waals surface area contributed by atoms with Crippen LogP contribution in [0.15, 0.2) is 18.2 Å². The van der Waals surface area contributed by atoms with Crippen LogP contribution in [-0.2, 0) is 9.47 Å². The highest BCUT2D eigenvalue weighted by atomic mass is 16.5. The number of aryl methyl sites for hydroxylation is 1. The molecule has 0 unspecified atom stereocenters. The molecule has 0 aliphatic heterocycles. The van der Waals surface area contributed by atoms with E-state index in [2.05, 4.69) is 11.8 Å². The van der Waals surface area contributed by atoms with Gasteiger partial charge < -0.3 is 19.3 Å². The molecule has 4 nitrogen and oxygen atoms in total. The van der Waals surface area contributed by atoms with Crippen molar-refractivity contribution in [3.05, 3.63) is 29.3 Å². The molecule has 0 spiro atoms. The maximum Gasteiger partial charge on any atom is 0.122 e. The topological polar surface area (TPSA) is 47.9 Å². The number of hydrogen-bond donors (Lipinski definition) is 1. The zero-order valence-corrected chi connectivity index (χ0v) is 12.1. The van der Waals surface area contributed by atoms with Crippen molar-refractivity contribution < 1.29 is 19.3 Å². The van der Waals surface area contributed by atoms with Crippen molar-refractivity contribution in [2.45, 2.75) is 13.3 Å². The van der Waals surface area contributed by atoms with Gasteiger partial charge in [-0.2, -0.15) is 0 Å². The summed E-state index contributed by atoms with van der Waals surface area (Å²) in [4.78, 5) is 0. The molecule has 0 bridgehead atoms. The minimum absolute atomic E-state index is 0.125. The van der Waals surface area contributed by atoms with Gasteiger partial charge in [0, 0.05) is 25.7 Å². The Morgan fingerprint density at radius 2 is 2.00 bits per heavy atom. The maximum absolute atomic E-state index is 8.65. The fourth-order valence-corrected chi connectivity index (χ4v) is 1.62. The van der Waals surface area contributed by atoms with Crippen LogP contribution < -0.4 is 4.74 Å². The van der Waals surface area contributed by atoms with Crippen molar-refractivity contribution in [1.82, 2.24) is 0 Å². The van der Waals surface area contributed by atoms with Crippen LogP contribution in [0.4, 0.5) is 0 Å². The van der Waals surface area contributed by atoms with E-state index in [9.17, 15) is 0 Å². The molecule has 1 aromatic carbocycles. The molecule has 0 aromatic heterocycles. The Kier molecular flexibility index (Phi) is 8.48. The Labute approximate surface area is 120 Å². The summed E-state index contributed by atoms with van der Waals surface area (Å²) in [5.41, 5.74) is 1.92. The molecular weight excluding hydrogens is 256 g/mol. The van der Waals surface area contributed by atoms with Gasteiger partial charge in [0.15, 0.2) is 0 Å². The van der Waals surface area contributed by atoms with Gasteiger partial charge in [-0.25, -0.2) is 0 Å². The molecule has 0 fully saturated rings. The molecule has 0 amide bonds. The second kappa shape index (κ2) is 10.3. The molecule has 0 aliphatic rings. The number of aliphatic hydroxyl groups is 1. The minimum atomic E-state index is -0.125. The van der Waals surface area contributed by atoms with E-state index in [-0.39, 0.29) is 6.61 Å². The third kappa shape index (κ3) is 6.58. The van der Waals surface area contributed by atoms with Gasteiger partial charge in [-0.05, 0) is 30.7 Å². The van der Waals surface area contributed by atoms with E-state index in [1.807, 2.05) is 25.1 Å². The van der Waals surface area contributed by atoms with Gasteiger partial charge in [0.05, 0.1) is 19.8 Å². The second-order valence-corrected chi connectivity index (χ2v) is 4.25. The summed E-state index contributed by atoms with van der Waals surface area (Å²) in [5.74, 6) is 6.35. The molecule has 0 heterocycles. The first kappa shape index (κ1) is 16.5. The Morgan fingerprint density at radius 1 is 1.15 bits per heavy atom. The molecule has 20 heavy (non-hydrogen) atoms. The fourth-order valence-electron chi connectivity index (χ4n) is 1.62. The van der Waals surface area contributed by atoms with Crippen LogP contribution in [-0.4, -0.2) is 45.3 Å². The lowest BCUT2D eigenvalue weighted by Crippen LogP contribution is -2.07. The van der Waals surface area contributed by atoms with E-state index < -0.39 is 0 Å². The van der Waals surface area contributed by atoms with Crippen molar-refractivity contribution in [3.8, 4) is 17.6 Å². The van der Waals surface area contributed by atoms with Gasteiger partial charge in [-0.15, -0.1) is 0 Å². The van der Waals surface area contributed by atoms with Crippen LogP contribution in [0, 0.1) is 18.8 Å². The third-order valence-electron chi connectivity index (χ3n) is 2.61. The highest BCUT2D eigenvalue weighted by molar-refractivity contribution is 5.43. The Balaban J connectivity index is 2.30. The summed E-state index contributed by atoms with van der Waals surface area (Å²) < 4.78 is 15.9. The van der Waals surface area contributed by atoms with Crippen LogP contribution >= 0.6 is 0 Å². The third-order valence-corrected chi connectivity index (χ3v) is 2.61. The molecule has 0 atom stereocenters. The monoisotopic (exact) mass is 278 g/mol. The van der Waals surface area contributed by atoms with Crippen molar-refractivity contribution >= 4 is 0 Å². The van der Waals surface area contributed by atoms with Crippen LogP contribution in [0.1, 0.15) is 17.5 Å². The van der Waals surface area contributed by atoms with Gasteiger partial charge >= 0.3 is 0 Å². The zero-order valence-electron chi connectivity index (χ0n) is 12.1. The van der Waals surface area contributed by atoms with E-state index in [4.69, 9.17) is 19.3 Å². The summed E-state index contributed by atoms with van der Waals surface area (Å²) in [6, 6.07) is 5.75. The Morgan fingerprint density at radius 3 is 2.70 bits per heavy atom. The number of aliphatic hydroxyl groups excluding tert-OH is 1. The molecule has 1 aromatic rings. The Hall–Kier alpha value is -1.54. The Bertz CT molecular complexity index is 446. The molecule has 110 valence electrons. The largest absolute Gasteiger partial charge is 0.493 e. The molecule has 1 rings (SSSR count). The molecule has 1 N–H and O–H groups in total. The standard InChI is InChI=1S/C16H22O4/c1-14-13-15(5-3-8-17)6-7-16(14)20-10-4-9-19-12-11-18-2/h6-7,13,17H,4,8-12H2,1-2H3. The first-order valence-corrected chi connectivity index (χ1v) is 6.67. The van der Waals surface area contributed by atoms with Gasteiger partial charge in [0.1, 0.15) is 12.4 Å². The van der Waals surface area contributed by atoms with Gasteiger partial charge in [0.2, 0.25) is 0 Å². The fraction of sp³-hybridized carbons (Fsp3) is 0.500. The number of hydrogen-bond acceptors (Lipinski definition) is 4. The molecular formula is C16H22O4. The smallest absolute Gasteiger partial charge is 0.122 e. The number of ether oxygens (including phenoxy) is 3. The van der Waals surface area contributed by atoms with Crippen molar-refractivity contribution in [1.29, 1.82) is 0 Å². The predicted molar refractivity (Wildman–Crippen MR) is 77.9 cm³/mol. The average molecular weight is 278 g/mol. The van der Waals surface area contributed by atoms with Gasteiger partial charge in [-0.3, -0.25) is 0 Å². The molecule has 0 radical (unpaired) electrons. The number of rotatable bonds is 8. The lowest BCUT2D eigenvalue weighted by atomic mass is 10.1. The summed E-state index contributed by atoms with van der Waals surface area (Å²) in [5, 5.41) is 8.65. The average Bonchev–Trinajstić information content (AvgIpc) is 2.46. The van der Waals surface area contributed by atoms with Crippen molar-refractivity contribution in [2.75, 3.05) is 40.1 Å². The lowest BCUT2D eigenvalue weighted by Gasteiger charge is -2.09. The van der Waals surface area contributed by atoms with Crippen LogP contribution in [0.25, 0.3) is 0 Å². The predicted octanol–water partition coefficient (Wildman–Crippen LogP) is 1.77. The second-order valence-electron chi connectivity index (χ2n) is 4.25. The number of methoxy groups -OCH3 is 1. The van der Waals surface area contributed by atoms with E-state index in [1.165, 1.54) is 0 Å². The normalized spacial score (nSPS) is 9.95.